The second kappa shape index (κ2) is 3.88. The zero-order valence-electron chi connectivity index (χ0n) is 7.33. The van der Waals surface area contributed by atoms with Gasteiger partial charge in [0.1, 0.15) is 0 Å². The lowest BCUT2D eigenvalue weighted by atomic mass is 10.0. The predicted octanol–water partition coefficient (Wildman–Crippen LogP) is 4.05. The number of thiophene rings is 1. The summed E-state index contributed by atoms with van der Waals surface area (Å²) in [5.74, 6) is 2.64. The first kappa shape index (κ1) is 9.33. The predicted molar refractivity (Wildman–Crippen MR) is 62.7 cm³/mol. The molecule has 0 aliphatic heterocycles. The number of hydrogen-bond acceptors (Lipinski definition) is 1. The number of terminal acetylenes is 1. The zero-order valence-corrected chi connectivity index (χ0v) is 8.90. The molecule has 2 aromatic rings. The van der Waals surface area contributed by atoms with E-state index in [0.717, 1.165) is 16.7 Å². The van der Waals surface area contributed by atoms with Gasteiger partial charge in [-0.25, -0.2) is 0 Å². The van der Waals surface area contributed by atoms with E-state index in [1.807, 2.05) is 35.0 Å². The summed E-state index contributed by atoms with van der Waals surface area (Å²) in [6.45, 7) is 0. The minimum atomic E-state index is 0.707. The van der Waals surface area contributed by atoms with Crippen molar-refractivity contribution >= 4 is 22.9 Å². The molecule has 0 unspecified atom stereocenters. The molecule has 0 saturated carbocycles. The molecule has 0 spiro atoms. The van der Waals surface area contributed by atoms with E-state index in [4.69, 9.17) is 18.0 Å². The second-order valence-corrected chi connectivity index (χ2v) is 4.01. The third-order valence-corrected chi connectivity index (χ3v) is 2.98. The summed E-state index contributed by atoms with van der Waals surface area (Å²) in [5.41, 5.74) is 2.89. The van der Waals surface area contributed by atoms with Gasteiger partial charge in [-0.2, -0.15) is 11.3 Å². The van der Waals surface area contributed by atoms with Gasteiger partial charge in [0.05, 0.1) is 0 Å². The van der Waals surface area contributed by atoms with Crippen LogP contribution in [-0.4, -0.2) is 0 Å². The molecule has 0 nitrogen and oxygen atoms in total. The van der Waals surface area contributed by atoms with Crippen LogP contribution in [0.15, 0.2) is 35.0 Å². The van der Waals surface area contributed by atoms with Crippen LogP contribution in [0.5, 0.6) is 0 Å². The van der Waals surface area contributed by atoms with Crippen molar-refractivity contribution in [2.75, 3.05) is 0 Å². The minimum absolute atomic E-state index is 0.707. The van der Waals surface area contributed by atoms with Crippen LogP contribution < -0.4 is 0 Å². The fraction of sp³-hybridized carbons (Fsp3) is 0. The van der Waals surface area contributed by atoms with Gasteiger partial charge >= 0.3 is 0 Å². The number of halogens is 1. The molecule has 1 aromatic heterocycles. The van der Waals surface area contributed by atoms with Crippen molar-refractivity contribution in [3.8, 4) is 23.5 Å². The fourth-order valence-corrected chi connectivity index (χ4v) is 2.27. The second-order valence-electron chi connectivity index (χ2n) is 2.82. The highest BCUT2D eigenvalue weighted by atomic mass is 35.5. The van der Waals surface area contributed by atoms with Crippen molar-refractivity contribution < 1.29 is 0 Å². The number of hydrogen-bond donors (Lipinski definition) is 0. The molecule has 1 heterocycles. The maximum atomic E-state index is 6.11. The largest absolute Gasteiger partial charge is 0.152 e. The molecule has 0 bridgehead atoms. The number of rotatable bonds is 1. The smallest absolute Gasteiger partial charge is 0.0497 e. The molecule has 14 heavy (non-hydrogen) atoms. The van der Waals surface area contributed by atoms with Crippen LogP contribution in [0.1, 0.15) is 5.56 Å². The van der Waals surface area contributed by atoms with Gasteiger partial charge in [-0.3, -0.25) is 0 Å². The molecular weight excluding hydrogens is 212 g/mol. The summed E-state index contributed by atoms with van der Waals surface area (Å²) in [7, 11) is 0. The lowest BCUT2D eigenvalue weighted by molar-refractivity contribution is 1.62. The molecular formula is C12H7ClS. The van der Waals surface area contributed by atoms with Crippen LogP contribution >= 0.6 is 22.9 Å². The van der Waals surface area contributed by atoms with Gasteiger partial charge in [0.2, 0.25) is 0 Å². The van der Waals surface area contributed by atoms with Crippen LogP contribution in [-0.2, 0) is 0 Å². The monoisotopic (exact) mass is 218 g/mol. The molecule has 1 aromatic carbocycles. The summed E-state index contributed by atoms with van der Waals surface area (Å²) in [6, 6.07) is 7.65. The first-order chi connectivity index (χ1) is 6.83. The van der Waals surface area contributed by atoms with Crippen LogP contribution in [0.4, 0.5) is 0 Å². The molecule has 2 heteroatoms. The summed E-state index contributed by atoms with van der Waals surface area (Å²) in [6.07, 6.45) is 5.42. The molecule has 0 radical (unpaired) electrons. The van der Waals surface area contributed by atoms with Crippen LogP contribution in [0, 0.1) is 12.3 Å². The maximum absolute atomic E-state index is 6.11. The summed E-state index contributed by atoms with van der Waals surface area (Å²) in [4.78, 5) is 0. The van der Waals surface area contributed by atoms with E-state index in [9.17, 15) is 0 Å². The third kappa shape index (κ3) is 1.55. The highest BCUT2D eigenvalue weighted by molar-refractivity contribution is 7.08. The molecule has 0 amide bonds. The third-order valence-electron chi connectivity index (χ3n) is 1.98. The molecule has 0 N–H and O–H groups in total. The van der Waals surface area contributed by atoms with E-state index < -0.39 is 0 Å². The average Bonchev–Trinajstić information content (AvgIpc) is 2.70. The Labute approximate surface area is 92.2 Å². The van der Waals surface area contributed by atoms with Crippen LogP contribution in [0.3, 0.4) is 0 Å². The summed E-state index contributed by atoms with van der Waals surface area (Å²) < 4.78 is 0. The quantitative estimate of drug-likeness (QED) is 0.634. The molecule has 0 aliphatic rings. The van der Waals surface area contributed by atoms with E-state index in [-0.39, 0.29) is 0 Å². The first-order valence-electron chi connectivity index (χ1n) is 4.10. The van der Waals surface area contributed by atoms with Crippen molar-refractivity contribution in [1.29, 1.82) is 0 Å². The SMILES string of the molecule is C#Cc1cccc(Cl)c1-c1ccsc1. The topological polar surface area (TPSA) is 0 Å². The molecule has 0 fully saturated rings. The Balaban J connectivity index is 2.69. The minimum Gasteiger partial charge on any atom is -0.152 e. The van der Waals surface area contributed by atoms with E-state index in [1.165, 1.54) is 0 Å². The standard InChI is InChI=1S/C12H7ClS/c1-2-9-4-3-5-11(13)12(9)10-6-7-14-8-10/h1,3-8H. The van der Waals surface area contributed by atoms with Crippen molar-refractivity contribution in [2.24, 2.45) is 0 Å². The van der Waals surface area contributed by atoms with Gasteiger partial charge in [-0.15, -0.1) is 6.42 Å². The van der Waals surface area contributed by atoms with Gasteiger partial charge < -0.3 is 0 Å². The fourth-order valence-electron chi connectivity index (χ4n) is 1.34. The highest BCUT2D eigenvalue weighted by Crippen LogP contribution is 2.32. The summed E-state index contributed by atoms with van der Waals surface area (Å²) in [5, 5.41) is 4.76. The van der Waals surface area contributed by atoms with Crippen LogP contribution in [0.25, 0.3) is 11.1 Å². The van der Waals surface area contributed by atoms with Gasteiger partial charge in [0.25, 0.3) is 0 Å². The van der Waals surface area contributed by atoms with Gasteiger partial charge in [-0.1, -0.05) is 23.6 Å². The molecule has 2 rings (SSSR count). The van der Waals surface area contributed by atoms with Crippen molar-refractivity contribution in [3.63, 3.8) is 0 Å². The van der Waals surface area contributed by atoms with Crippen LogP contribution in [0.2, 0.25) is 5.02 Å². The van der Waals surface area contributed by atoms with E-state index in [1.54, 1.807) is 11.3 Å². The van der Waals surface area contributed by atoms with Gasteiger partial charge in [0, 0.05) is 16.1 Å². The average molecular weight is 219 g/mol. The Hall–Kier alpha value is -1.23. The van der Waals surface area contributed by atoms with E-state index in [0.29, 0.717) is 5.02 Å². The van der Waals surface area contributed by atoms with Crippen molar-refractivity contribution in [2.45, 2.75) is 0 Å². The Bertz CT molecular complexity index is 478. The Kier molecular flexibility index (Phi) is 2.58. The Morgan fingerprint density at radius 1 is 1.29 bits per heavy atom. The first-order valence-corrected chi connectivity index (χ1v) is 5.42. The molecule has 0 saturated heterocycles. The van der Waals surface area contributed by atoms with Gasteiger partial charge in [0.15, 0.2) is 0 Å². The molecule has 0 atom stereocenters. The zero-order chi connectivity index (χ0) is 9.97. The van der Waals surface area contributed by atoms with Crippen molar-refractivity contribution in [3.05, 3.63) is 45.6 Å². The molecule has 0 aliphatic carbocycles. The Morgan fingerprint density at radius 3 is 2.79 bits per heavy atom. The summed E-state index contributed by atoms with van der Waals surface area (Å²) >= 11 is 7.74. The highest BCUT2D eigenvalue weighted by Gasteiger charge is 2.07. The van der Waals surface area contributed by atoms with Gasteiger partial charge in [-0.05, 0) is 34.5 Å². The van der Waals surface area contributed by atoms with E-state index >= 15 is 0 Å². The van der Waals surface area contributed by atoms with Crippen molar-refractivity contribution in [1.82, 2.24) is 0 Å². The lowest BCUT2D eigenvalue weighted by Crippen LogP contribution is -1.83. The maximum Gasteiger partial charge on any atom is 0.0497 e. The number of benzene rings is 1. The Morgan fingerprint density at radius 2 is 2.14 bits per heavy atom. The molecule has 68 valence electrons. The normalized spacial score (nSPS) is 9.71. The van der Waals surface area contributed by atoms with E-state index in [2.05, 4.69) is 5.92 Å². The lowest BCUT2D eigenvalue weighted by Gasteiger charge is -2.04.